The topological polar surface area (TPSA) is 101 Å². The molecule has 0 bridgehead atoms. The molecule has 0 saturated carbocycles. The van der Waals surface area contributed by atoms with Gasteiger partial charge in [0.25, 0.3) is 0 Å². The lowest BCUT2D eigenvalue weighted by Gasteiger charge is -2.43. The molecule has 2 fully saturated rings. The van der Waals surface area contributed by atoms with Gasteiger partial charge in [0.15, 0.2) is 5.82 Å². The highest BCUT2D eigenvalue weighted by atomic mass is 35.5. The van der Waals surface area contributed by atoms with E-state index in [-0.39, 0.29) is 0 Å². The van der Waals surface area contributed by atoms with Crippen molar-refractivity contribution in [3.63, 3.8) is 0 Å². The van der Waals surface area contributed by atoms with Crippen molar-refractivity contribution in [2.45, 2.75) is 25.8 Å². The van der Waals surface area contributed by atoms with Crippen molar-refractivity contribution in [1.82, 2.24) is 29.7 Å². The molecule has 238 valence electrons. The van der Waals surface area contributed by atoms with Gasteiger partial charge in [0.2, 0.25) is 5.95 Å². The first-order chi connectivity index (χ1) is 21.8. The zero-order valence-electron chi connectivity index (χ0n) is 26.6. The number of aromatic nitrogens is 4. The summed E-state index contributed by atoms with van der Waals surface area (Å²) in [5, 5.41) is 7.26. The highest BCUT2D eigenvalue weighted by Gasteiger charge is 2.28. The molecule has 2 aliphatic rings. The summed E-state index contributed by atoms with van der Waals surface area (Å²) in [7, 11) is 6.36. The van der Waals surface area contributed by atoms with E-state index in [4.69, 9.17) is 16.6 Å². The van der Waals surface area contributed by atoms with Gasteiger partial charge in [-0.15, -0.1) is 0 Å². The average Bonchev–Trinajstić information content (AvgIpc) is 3.04. The van der Waals surface area contributed by atoms with Crippen LogP contribution in [0.2, 0.25) is 5.02 Å². The second kappa shape index (κ2) is 13.8. The molecular formula is C32H42ClN11S. The van der Waals surface area contributed by atoms with E-state index in [2.05, 4.69) is 90.1 Å². The van der Waals surface area contributed by atoms with Gasteiger partial charge in [-0.2, -0.15) is 4.98 Å². The molecule has 0 radical (unpaired) electrons. The van der Waals surface area contributed by atoms with Gasteiger partial charge < -0.3 is 30.1 Å². The fourth-order valence-corrected chi connectivity index (χ4v) is 6.81. The van der Waals surface area contributed by atoms with Crippen LogP contribution in [0.1, 0.15) is 18.4 Å². The van der Waals surface area contributed by atoms with Crippen LogP contribution in [0.3, 0.4) is 0 Å². The first-order valence-corrected chi connectivity index (χ1v) is 17.0. The SMILES string of the molecule is CSNc1c(Nc2nc(Nc3cc(C)c(N4CCC(N5CCN(C)CC5)CC4)cc3N(C)C)ncc2Cl)ccc2nccnc12. The fourth-order valence-electron chi connectivity index (χ4n) is 6.26. The van der Waals surface area contributed by atoms with Crippen LogP contribution < -0.4 is 25.2 Å². The van der Waals surface area contributed by atoms with Crippen LogP contribution in [0.5, 0.6) is 0 Å². The molecule has 11 nitrogen and oxygen atoms in total. The van der Waals surface area contributed by atoms with E-state index < -0.39 is 0 Å². The largest absolute Gasteiger partial charge is 0.376 e. The number of nitrogens with zero attached hydrogens (tertiary/aromatic N) is 8. The molecule has 0 amide bonds. The Morgan fingerprint density at radius 3 is 2.42 bits per heavy atom. The van der Waals surface area contributed by atoms with Crippen LogP contribution in [-0.2, 0) is 0 Å². The third kappa shape index (κ3) is 6.99. The zero-order valence-corrected chi connectivity index (χ0v) is 28.2. The molecular weight excluding hydrogens is 606 g/mol. The summed E-state index contributed by atoms with van der Waals surface area (Å²) in [4.78, 5) is 28.1. The number of rotatable bonds is 9. The maximum atomic E-state index is 6.59. The number of anilines is 7. The molecule has 0 spiro atoms. The fraction of sp³-hybridized carbons (Fsp3) is 0.438. The van der Waals surface area contributed by atoms with Crippen LogP contribution in [0.15, 0.2) is 42.9 Å². The third-order valence-corrected chi connectivity index (χ3v) is 9.43. The van der Waals surface area contributed by atoms with Crippen molar-refractivity contribution in [1.29, 1.82) is 0 Å². The second-order valence-corrected chi connectivity index (χ2v) is 13.0. The Bertz CT molecular complexity index is 1640. The number of hydrogen-bond donors (Lipinski definition) is 3. The lowest BCUT2D eigenvalue weighted by atomic mass is 10.00. The monoisotopic (exact) mass is 647 g/mol. The summed E-state index contributed by atoms with van der Waals surface area (Å²) in [5.41, 5.74) is 7.67. The summed E-state index contributed by atoms with van der Waals surface area (Å²) in [5.74, 6) is 0.939. The van der Waals surface area contributed by atoms with E-state index in [1.807, 2.05) is 18.4 Å². The van der Waals surface area contributed by atoms with E-state index in [1.165, 1.54) is 62.2 Å². The maximum absolute atomic E-state index is 6.59. The normalized spacial score (nSPS) is 16.6. The molecule has 45 heavy (non-hydrogen) atoms. The number of piperidine rings is 1. The Morgan fingerprint density at radius 2 is 1.69 bits per heavy atom. The van der Waals surface area contributed by atoms with Gasteiger partial charge in [-0.1, -0.05) is 23.5 Å². The molecule has 2 saturated heterocycles. The molecule has 3 N–H and O–H groups in total. The van der Waals surface area contributed by atoms with Gasteiger partial charge in [0.05, 0.1) is 34.5 Å². The minimum atomic E-state index is 0.411. The Labute approximate surface area is 274 Å². The third-order valence-electron chi connectivity index (χ3n) is 8.74. The number of benzene rings is 2. The first kappa shape index (κ1) is 31.4. The molecule has 2 aliphatic heterocycles. The van der Waals surface area contributed by atoms with Crippen molar-refractivity contribution < 1.29 is 0 Å². The van der Waals surface area contributed by atoms with Gasteiger partial charge in [-0.3, -0.25) is 14.9 Å². The summed E-state index contributed by atoms with van der Waals surface area (Å²) >= 11 is 8.07. The molecule has 13 heteroatoms. The number of likely N-dealkylation sites (N-methyl/N-ethyl adjacent to an activating group) is 1. The average molecular weight is 648 g/mol. The first-order valence-electron chi connectivity index (χ1n) is 15.4. The van der Waals surface area contributed by atoms with Crippen LogP contribution in [0.25, 0.3) is 11.0 Å². The number of halogens is 1. The Balaban J connectivity index is 1.21. The molecule has 6 rings (SSSR count). The van der Waals surface area contributed by atoms with Crippen molar-refractivity contribution in [3.8, 4) is 0 Å². The minimum absolute atomic E-state index is 0.411. The number of piperazine rings is 1. The highest BCUT2D eigenvalue weighted by molar-refractivity contribution is 7.99. The number of hydrogen-bond acceptors (Lipinski definition) is 12. The van der Waals surface area contributed by atoms with E-state index in [9.17, 15) is 0 Å². The Morgan fingerprint density at radius 1 is 0.933 bits per heavy atom. The van der Waals surface area contributed by atoms with Crippen LogP contribution >= 0.6 is 23.5 Å². The predicted molar refractivity (Wildman–Crippen MR) is 190 cm³/mol. The molecule has 0 aliphatic carbocycles. The van der Waals surface area contributed by atoms with Gasteiger partial charge in [0, 0.05) is 83.7 Å². The van der Waals surface area contributed by atoms with Crippen LogP contribution in [0, 0.1) is 6.92 Å². The lowest BCUT2D eigenvalue weighted by Crippen LogP contribution is -2.52. The van der Waals surface area contributed by atoms with Crippen LogP contribution in [-0.4, -0.2) is 102 Å². The Hall–Kier alpha value is -3.58. The van der Waals surface area contributed by atoms with E-state index in [1.54, 1.807) is 18.6 Å². The lowest BCUT2D eigenvalue weighted by molar-refractivity contribution is 0.0982. The van der Waals surface area contributed by atoms with Gasteiger partial charge in [-0.05, 0) is 56.6 Å². The van der Waals surface area contributed by atoms with E-state index in [0.717, 1.165) is 46.9 Å². The van der Waals surface area contributed by atoms with Crippen molar-refractivity contribution in [2.24, 2.45) is 0 Å². The number of nitrogens with one attached hydrogen (secondary N) is 3. The van der Waals surface area contributed by atoms with Crippen molar-refractivity contribution in [3.05, 3.63) is 53.4 Å². The number of aryl methyl sites for hydroxylation is 1. The molecule has 2 aromatic heterocycles. The van der Waals surface area contributed by atoms with Crippen molar-refractivity contribution >= 4 is 74.8 Å². The standard InChI is InChI=1S/C32H42ClN11S/c1-21-18-26(28(41(2)3)19-27(21)44-12-8-22(9-13-44)43-16-14-42(4)15-17-43)38-32-36-20-23(33)31(39-32)37-25-7-6-24-29(30(25)40-45-5)35-11-10-34-24/h6-7,10-11,18-20,22,40H,8-9,12-17H2,1-5H3,(H2,36,37,38,39). The smallest absolute Gasteiger partial charge is 0.229 e. The molecule has 4 aromatic rings. The zero-order chi connectivity index (χ0) is 31.5. The van der Waals surface area contributed by atoms with Crippen LogP contribution in [0.4, 0.5) is 40.2 Å². The molecule has 2 aromatic carbocycles. The van der Waals surface area contributed by atoms with E-state index >= 15 is 0 Å². The quantitative estimate of drug-likeness (QED) is 0.190. The molecule has 0 unspecified atom stereocenters. The minimum Gasteiger partial charge on any atom is -0.376 e. The van der Waals surface area contributed by atoms with E-state index in [0.29, 0.717) is 22.8 Å². The summed E-state index contributed by atoms with van der Waals surface area (Å²) in [6.45, 7) is 9.03. The summed E-state index contributed by atoms with van der Waals surface area (Å²) < 4.78 is 3.33. The predicted octanol–water partition coefficient (Wildman–Crippen LogP) is 5.84. The van der Waals surface area contributed by atoms with Crippen molar-refractivity contribution in [2.75, 3.05) is 91.8 Å². The van der Waals surface area contributed by atoms with Gasteiger partial charge in [-0.25, -0.2) is 4.98 Å². The van der Waals surface area contributed by atoms with Gasteiger partial charge in [0.1, 0.15) is 10.5 Å². The number of fused-ring (bicyclic) bond motifs is 1. The summed E-state index contributed by atoms with van der Waals surface area (Å²) in [6, 6.07) is 9.04. The second-order valence-electron chi connectivity index (χ2n) is 12.0. The van der Waals surface area contributed by atoms with Gasteiger partial charge >= 0.3 is 0 Å². The maximum Gasteiger partial charge on any atom is 0.229 e. The summed E-state index contributed by atoms with van der Waals surface area (Å²) in [6.07, 6.45) is 9.35. The molecule has 0 atom stereocenters. The Kier molecular flexibility index (Phi) is 9.64. The molecule has 4 heterocycles. The highest BCUT2D eigenvalue weighted by Crippen LogP contribution is 2.38.